The van der Waals surface area contributed by atoms with Crippen LogP contribution in [0.25, 0.3) is 0 Å². The van der Waals surface area contributed by atoms with E-state index in [0.717, 1.165) is 0 Å². The van der Waals surface area contributed by atoms with Gasteiger partial charge in [-0.05, 0) is 23.0 Å². The van der Waals surface area contributed by atoms with Gasteiger partial charge in [0.15, 0.2) is 0 Å². The van der Waals surface area contributed by atoms with Gasteiger partial charge < -0.3 is 0 Å². The Bertz CT molecular complexity index is 261. The van der Waals surface area contributed by atoms with Crippen LogP contribution in [0.4, 0.5) is 0 Å². The van der Waals surface area contributed by atoms with Crippen LogP contribution in [0.1, 0.15) is 78.4 Å². The molecule has 0 atom stereocenters. The summed E-state index contributed by atoms with van der Waals surface area (Å²) in [4.78, 5) is 0. The lowest BCUT2D eigenvalue weighted by Crippen LogP contribution is -1.95. The third-order valence-corrected chi connectivity index (χ3v) is 3.22. The van der Waals surface area contributed by atoms with E-state index in [9.17, 15) is 0 Å². The quantitative estimate of drug-likeness (QED) is 0.567. The number of hydrogen-bond donors (Lipinski definition) is 0. The molecule has 0 aromatic heterocycles. The Morgan fingerprint density at radius 3 is 1.29 bits per heavy atom. The van der Waals surface area contributed by atoms with E-state index in [-0.39, 0.29) is 0 Å². The summed E-state index contributed by atoms with van der Waals surface area (Å²) < 4.78 is 1.29. The number of halogens is 1. The van der Waals surface area contributed by atoms with Crippen LogP contribution in [0.15, 0.2) is 22.7 Å². The van der Waals surface area contributed by atoms with Gasteiger partial charge in [-0.1, -0.05) is 89.5 Å². The molecule has 1 aromatic rings. The van der Waals surface area contributed by atoms with Gasteiger partial charge in [-0.15, -0.1) is 0 Å². The molecule has 0 bridgehead atoms. The summed E-state index contributed by atoms with van der Waals surface area (Å²) >= 11 is 3.68. The van der Waals surface area contributed by atoms with E-state index in [1.54, 1.807) is 0 Å². The molecule has 1 aromatic carbocycles. The highest BCUT2D eigenvalue weighted by Crippen LogP contribution is 2.31. The van der Waals surface area contributed by atoms with Gasteiger partial charge in [-0.3, -0.25) is 0 Å². The molecule has 0 spiro atoms. The Morgan fingerprint density at radius 1 is 0.765 bits per heavy atom. The van der Waals surface area contributed by atoms with Gasteiger partial charge in [0, 0.05) is 4.47 Å². The summed E-state index contributed by atoms with van der Waals surface area (Å²) in [5, 5.41) is 0. The van der Waals surface area contributed by atoms with Crippen molar-refractivity contribution in [3.8, 4) is 0 Å². The molecule has 0 unspecified atom stereocenters. The maximum atomic E-state index is 3.68. The third kappa shape index (κ3) is 6.26. The van der Waals surface area contributed by atoms with E-state index in [0.29, 0.717) is 11.8 Å². The molecule has 0 amide bonds. The summed E-state index contributed by atoms with van der Waals surface area (Å²) in [6.45, 7) is 16.9. The molecule has 1 heteroatoms. The predicted octanol–water partition coefficient (Wildman–Crippen LogP) is 6.75. The smallest absolute Gasteiger partial charge is 0.0244 e. The van der Waals surface area contributed by atoms with Crippen molar-refractivity contribution in [3.05, 3.63) is 33.8 Å². The minimum Gasteiger partial charge on any atom is -0.0683 e. The van der Waals surface area contributed by atoms with Crippen LogP contribution >= 0.6 is 15.9 Å². The third-order valence-electron chi connectivity index (χ3n) is 2.30. The van der Waals surface area contributed by atoms with Gasteiger partial charge in [-0.25, -0.2) is 0 Å². The van der Waals surface area contributed by atoms with Crippen molar-refractivity contribution < 1.29 is 0 Å². The highest BCUT2D eigenvalue weighted by molar-refractivity contribution is 9.10. The largest absolute Gasteiger partial charge is 0.0683 e. The summed E-state index contributed by atoms with van der Waals surface area (Å²) in [5.74, 6) is 1.18. The van der Waals surface area contributed by atoms with Crippen molar-refractivity contribution in [2.24, 2.45) is 0 Å². The van der Waals surface area contributed by atoms with E-state index >= 15 is 0 Å². The van der Waals surface area contributed by atoms with Gasteiger partial charge in [-0.2, -0.15) is 0 Å². The molecule has 0 nitrogen and oxygen atoms in total. The topological polar surface area (TPSA) is 0 Å². The van der Waals surface area contributed by atoms with Gasteiger partial charge in [0.05, 0.1) is 0 Å². The first-order chi connectivity index (χ1) is 8.04. The fraction of sp³-hybridized carbons (Fsp3) is 0.625. The Labute approximate surface area is 117 Å². The van der Waals surface area contributed by atoms with Gasteiger partial charge in [0.2, 0.25) is 0 Å². The zero-order valence-electron chi connectivity index (χ0n) is 12.8. The van der Waals surface area contributed by atoms with E-state index in [1.165, 1.54) is 15.6 Å². The predicted molar refractivity (Wildman–Crippen MR) is 85.0 cm³/mol. The van der Waals surface area contributed by atoms with E-state index in [2.05, 4.69) is 61.8 Å². The van der Waals surface area contributed by atoms with Crippen LogP contribution in [-0.2, 0) is 0 Å². The second-order valence-electron chi connectivity index (χ2n) is 4.06. The van der Waals surface area contributed by atoms with Crippen molar-refractivity contribution in [2.45, 2.75) is 67.2 Å². The second kappa shape index (κ2) is 10.8. The van der Waals surface area contributed by atoms with Gasteiger partial charge >= 0.3 is 0 Å². The number of benzene rings is 1. The SMILES string of the molecule is CC.CC.CC(C)c1cccc(C(C)C)c1Br. The average molecular weight is 301 g/mol. The molecule has 0 aliphatic carbocycles. The average Bonchev–Trinajstić information content (AvgIpc) is 2.33. The molecule has 0 saturated heterocycles. The van der Waals surface area contributed by atoms with E-state index < -0.39 is 0 Å². The van der Waals surface area contributed by atoms with Gasteiger partial charge in [0.1, 0.15) is 0 Å². The second-order valence-corrected chi connectivity index (χ2v) is 4.85. The zero-order valence-corrected chi connectivity index (χ0v) is 14.4. The number of hydrogen-bond acceptors (Lipinski definition) is 0. The Morgan fingerprint density at radius 2 is 1.06 bits per heavy atom. The maximum absolute atomic E-state index is 3.68. The van der Waals surface area contributed by atoms with Crippen LogP contribution in [0, 0.1) is 0 Å². The molecule has 0 radical (unpaired) electrons. The van der Waals surface area contributed by atoms with Crippen molar-refractivity contribution in [1.82, 2.24) is 0 Å². The lowest BCUT2D eigenvalue weighted by molar-refractivity contribution is 0.824. The molecule has 0 aliphatic heterocycles. The fourth-order valence-corrected chi connectivity index (χ4v) is 2.64. The molecule has 0 saturated carbocycles. The molecule has 0 aliphatic rings. The Kier molecular flexibility index (Phi) is 12.1. The minimum atomic E-state index is 0.591. The molecule has 1 rings (SSSR count). The summed E-state index contributed by atoms with van der Waals surface area (Å²) in [6, 6.07) is 6.54. The van der Waals surface area contributed by atoms with Crippen LogP contribution < -0.4 is 0 Å². The lowest BCUT2D eigenvalue weighted by Gasteiger charge is -2.14. The number of rotatable bonds is 2. The Balaban J connectivity index is 0. The minimum absolute atomic E-state index is 0.591. The molecular formula is C16H29Br. The maximum Gasteiger partial charge on any atom is 0.0244 e. The molecule has 0 heterocycles. The van der Waals surface area contributed by atoms with Gasteiger partial charge in [0.25, 0.3) is 0 Å². The normalized spacial score (nSPS) is 9.35. The molecule has 100 valence electrons. The van der Waals surface area contributed by atoms with Crippen LogP contribution in [0.5, 0.6) is 0 Å². The van der Waals surface area contributed by atoms with Crippen molar-refractivity contribution in [1.29, 1.82) is 0 Å². The van der Waals surface area contributed by atoms with E-state index in [4.69, 9.17) is 0 Å². The summed E-state index contributed by atoms with van der Waals surface area (Å²) in [6.07, 6.45) is 0. The van der Waals surface area contributed by atoms with Crippen molar-refractivity contribution in [2.75, 3.05) is 0 Å². The van der Waals surface area contributed by atoms with Crippen LogP contribution in [0.2, 0.25) is 0 Å². The zero-order chi connectivity index (χ0) is 14.0. The Hall–Kier alpha value is -0.300. The molecular weight excluding hydrogens is 272 g/mol. The molecule has 0 fully saturated rings. The van der Waals surface area contributed by atoms with Crippen LogP contribution in [0.3, 0.4) is 0 Å². The summed E-state index contributed by atoms with van der Waals surface area (Å²) in [5.41, 5.74) is 2.82. The first-order valence-corrected chi connectivity index (χ1v) is 7.61. The highest BCUT2D eigenvalue weighted by atomic mass is 79.9. The summed E-state index contributed by atoms with van der Waals surface area (Å²) in [7, 11) is 0. The molecule has 0 N–H and O–H groups in total. The molecule has 17 heavy (non-hydrogen) atoms. The fourth-order valence-electron chi connectivity index (χ4n) is 1.46. The van der Waals surface area contributed by atoms with Crippen LogP contribution in [-0.4, -0.2) is 0 Å². The monoisotopic (exact) mass is 300 g/mol. The lowest BCUT2D eigenvalue weighted by atomic mass is 9.96. The van der Waals surface area contributed by atoms with Crippen molar-refractivity contribution in [3.63, 3.8) is 0 Å². The highest BCUT2D eigenvalue weighted by Gasteiger charge is 2.10. The standard InChI is InChI=1S/C12H17Br.2C2H6/c1-8(2)10-6-5-7-11(9(3)4)12(10)13;2*1-2/h5-9H,1-4H3;2*1-2H3. The van der Waals surface area contributed by atoms with Crippen molar-refractivity contribution >= 4 is 15.9 Å². The first kappa shape index (κ1) is 19.0. The van der Waals surface area contributed by atoms with E-state index in [1.807, 2.05) is 27.7 Å². The first-order valence-electron chi connectivity index (χ1n) is 6.82.